The highest BCUT2D eigenvalue weighted by Gasteiger charge is 2.53. The van der Waals surface area contributed by atoms with E-state index >= 15 is 4.79 Å². The van der Waals surface area contributed by atoms with Crippen molar-refractivity contribution in [3.05, 3.63) is 108 Å². The van der Waals surface area contributed by atoms with E-state index < -0.39 is 60.0 Å². The number of fused-ring (bicyclic) bond motifs is 1. The number of carbonyl (C=O) groups is 2. The Morgan fingerprint density at radius 2 is 1.51 bits per heavy atom. The van der Waals surface area contributed by atoms with Crippen molar-refractivity contribution in [3.63, 3.8) is 0 Å². The van der Waals surface area contributed by atoms with E-state index in [2.05, 4.69) is 4.98 Å². The number of epoxide rings is 1. The van der Waals surface area contributed by atoms with Crippen molar-refractivity contribution in [2.45, 2.75) is 68.4 Å². The van der Waals surface area contributed by atoms with Gasteiger partial charge in [-0.05, 0) is 69.9 Å². The van der Waals surface area contributed by atoms with Crippen molar-refractivity contribution in [2.24, 2.45) is 5.14 Å². The number of hydrogen-bond donors (Lipinski definition) is 1. The third-order valence-electron chi connectivity index (χ3n) is 9.19. The van der Waals surface area contributed by atoms with Gasteiger partial charge >= 0.3 is 0 Å². The molecule has 11 nitrogen and oxygen atoms in total. The van der Waals surface area contributed by atoms with E-state index in [0.717, 1.165) is 17.2 Å². The number of aromatic nitrogens is 1. The molecule has 2 N–H and O–H groups in total. The highest BCUT2D eigenvalue weighted by molar-refractivity contribution is 7.92. The van der Waals surface area contributed by atoms with Gasteiger partial charge in [0.05, 0.1) is 10.3 Å². The van der Waals surface area contributed by atoms with Crippen molar-refractivity contribution in [1.82, 2.24) is 9.88 Å². The molecule has 0 saturated carbocycles. The zero-order valence-corrected chi connectivity index (χ0v) is 29.6. The van der Waals surface area contributed by atoms with Crippen molar-refractivity contribution in [1.29, 1.82) is 0 Å². The molecule has 260 valence electrons. The Labute approximate surface area is 288 Å². The first-order valence-corrected chi connectivity index (χ1v) is 19.6. The summed E-state index contributed by atoms with van der Waals surface area (Å²) in [6, 6.07) is 26.8. The van der Waals surface area contributed by atoms with Crippen LogP contribution in [0.3, 0.4) is 0 Å². The molecule has 1 aliphatic rings. The molecule has 49 heavy (non-hydrogen) atoms. The van der Waals surface area contributed by atoms with Gasteiger partial charge in [0.1, 0.15) is 17.8 Å². The summed E-state index contributed by atoms with van der Waals surface area (Å²) < 4.78 is 55.1. The molecule has 2 heterocycles. The number of para-hydroxylation sites is 2. The van der Waals surface area contributed by atoms with E-state index in [4.69, 9.17) is 9.88 Å². The Morgan fingerprint density at radius 3 is 2.10 bits per heavy atom. The molecule has 13 heteroatoms. The van der Waals surface area contributed by atoms with E-state index in [9.17, 15) is 21.6 Å². The second-order valence-electron chi connectivity index (χ2n) is 12.8. The summed E-state index contributed by atoms with van der Waals surface area (Å²) in [6.07, 6.45) is 1.27. The highest BCUT2D eigenvalue weighted by atomic mass is 32.2. The largest absolute Gasteiger partial charge is 0.351 e. The van der Waals surface area contributed by atoms with Crippen LogP contribution in [-0.2, 0) is 35.8 Å². The molecule has 1 aliphatic heterocycles. The number of pyridine rings is 1. The van der Waals surface area contributed by atoms with Gasteiger partial charge in [0.25, 0.3) is 11.8 Å². The fourth-order valence-electron chi connectivity index (χ4n) is 6.20. The average Bonchev–Trinajstić information content (AvgIpc) is 3.86. The number of carbonyl (C=O) groups excluding carboxylic acids is 2. The Balaban J connectivity index is 1.62. The highest BCUT2D eigenvalue weighted by Crippen LogP contribution is 2.36. The van der Waals surface area contributed by atoms with E-state index in [0.29, 0.717) is 24.0 Å². The quantitative estimate of drug-likeness (QED) is 0.190. The van der Waals surface area contributed by atoms with E-state index in [1.165, 1.54) is 23.6 Å². The lowest BCUT2D eigenvalue weighted by atomic mass is 9.94. The molecule has 2 unspecified atom stereocenters. The monoisotopic (exact) mass is 706 g/mol. The van der Waals surface area contributed by atoms with E-state index in [1.807, 2.05) is 42.5 Å². The van der Waals surface area contributed by atoms with Crippen molar-refractivity contribution >= 4 is 48.3 Å². The summed E-state index contributed by atoms with van der Waals surface area (Å²) in [5, 5.41) is 6.22. The molecule has 3 aromatic carbocycles. The number of benzene rings is 3. The van der Waals surface area contributed by atoms with Crippen LogP contribution in [-0.4, -0.2) is 79.7 Å². The summed E-state index contributed by atoms with van der Waals surface area (Å²) in [6.45, 7) is 4.57. The van der Waals surface area contributed by atoms with Gasteiger partial charge in [0.15, 0.2) is 15.3 Å². The molecule has 1 fully saturated rings. The minimum atomic E-state index is -4.00. The zero-order chi connectivity index (χ0) is 35.6. The third-order valence-corrected chi connectivity index (χ3v) is 12.4. The van der Waals surface area contributed by atoms with E-state index in [1.54, 1.807) is 61.5 Å². The minimum absolute atomic E-state index is 0.000758. The van der Waals surface area contributed by atoms with Crippen LogP contribution in [0, 0.1) is 0 Å². The molecule has 0 bridgehead atoms. The summed E-state index contributed by atoms with van der Waals surface area (Å²) in [7, 11) is -7.97. The first-order chi connectivity index (χ1) is 23.1. The Morgan fingerprint density at radius 1 is 0.898 bits per heavy atom. The Bertz CT molecular complexity index is 2020. The molecule has 5 rings (SSSR count). The number of likely N-dealkylation sites (N-methyl/N-ethyl adjacent to an activating group) is 1. The Kier molecular flexibility index (Phi) is 10.6. The maximum absolute atomic E-state index is 15.3. The molecule has 4 atom stereocenters. The number of sulfone groups is 1. The molecule has 0 radical (unpaired) electrons. The fraction of sp³-hybridized carbons (Fsp3) is 0.361. The number of ether oxygens (including phenoxy) is 1. The predicted octanol–water partition coefficient (Wildman–Crippen LogP) is 4.33. The predicted molar refractivity (Wildman–Crippen MR) is 190 cm³/mol. The van der Waals surface area contributed by atoms with E-state index in [-0.39, 0.29) is 18.7 Å². The maximum atomic E-state index is 15.3. The molecule has 1 saturated heterocycles. The number of sulfonamides is 1. The number of nitrogens with zero attached hydrogens (tertiary/aromatic N) is 3. The first kappa shape index (κ1) is 36.1. The number of aryl methyl sites for hydroxylation is 1. The second kappa shape index (κ2) is 14.4. The normalized spacial score (nSPS) is 17.7. The smallest absolute Gasteiger partial charge is 0.273 e. The number of rotatable bonds is 14. The molecular formula is C36H42N4O7S2. The molecule has 4 aromatic rings. The van der Waals surface area contributed by atoms with Gasteiger partial charge in [-0.1, -0.05) is 72.8 Å². The van der Waals surface area contributed by atoms with Crippen molar-refractivity contribution < 1.29 is 31.2 Å². The summed E-state index contributed by atoms with van der Waals surface area (Å²) >= 11 is 0. The van der Waals surface area contributed by atoms with Crippen molar-refractivity contribution in [2.75, 3.05) is 17.7 Å². The molecular weight excluding hydrogens is 665 g/mol. The van der Waals surface area contributed by atoms with Crippen molar-refractivity contribution in [3.8, 4) is 0 Å². The van der Waals surface area contributed by atoms with Crippen LogP contribution in [0.1, 0.15) is 49.7 Å². The van der Waals surface area contributed by atoms with Gasteiger partial charge < -0.3 is 14.5 Å². The van der Waals surface area contributed by atoms with Crippen LogP contribution >= 0.6 is 0 Å². The van der Waals surface area contributed by atoms with Crippen LogP contribution in [0.5, 0.6) is 0 Å². The second-order valence-corrected chi connectivity index (χ2v) is 17.1. The van der Waals surface area contributed by atoms with Gasteiger partial charge in [-0.3, -0.25) is 9.59 Å². The number of primary sulfonamides is 1. The van der Waals surface area contributed by atoms with Gasteiger partial charge in [-0.25, -0.2) is 27.0 Å². The van der Waals surface area contributed by atoms with Gasteiger partial charge in [-0.2, -0.15) is 0 Å². The molecule has 0 aliphatic carbocycles. The standard InChI is InChI=1S/C36H42N4O7S2/c1-5-39(33(41)30-23-21-26-16-12-13-19-29(26)38-30)32(36(2,3)48(4,43)44)34(42)40(27-17-10-7-11-18-27)28(22-20-25-14-8-6-9-15-25)24-31-35(47-31)49(37,45)46/h6-19,21,23,28,31-32,35H,5,20,22,24H2,1-4H3,(H2,37,45,46)/t28-,31?,32-,35?/m1/s1. The number of anilines is 1. The molecule has 2 amide bonds. The maximum Gasteiger partial charge on any atom is 0.273 e. The van der Waals surface area contributed by atoms with Crippen LogP contribution in [0.25, 0.3) is 10.9 Å². The first-order valence-electron chi connectivity index (χ1n) is 16.1. The lowest BCUT2D eigenvalue weighted by Crippen LogP contribution is -2.64. The molecule has 1 aromatic heterocycles. The summed E-state index contributed by atoms with van der Waals surface area (Å²) in [4.78, 5) is 36.9. The minimum Gasteiger partial charge on any atom is -0.351 e. The van der Waals surface area contributed by atoms with Crippen LogP contribution in [0.4, 0.5) is 5.69 Å². The van der Waals surface area contributed by atoms with Gasteiger partial charge in [0.2, 0.25) is 10.0 Å². The lowest BCUT2D eigenvalue weighted by molar-refractivity contribution is -0.124. The SMILES string of the molecule is CCN(C(=O)c1ccc2ccccc2n1)[C@H](C(=O)N(c1ccccc1)[C@H](CCc1ccccc1)CC1OC1S(N)(=O)=O)C(C)(C)S(C)(=O)=O. The van der Waals surface area contributed by atoms with Crippen LogP contribution in [0.2, 0.25) is 0 Å². The fourth-order valence-corrected chi connectivity index (χ4v) is 7.67. The molecule has 0 spiro atoms. The number of hydrogen-bond acceptors (Lipinski definition) is 8. The van der Waals surface area contributed by atoms with Crippen LogP contribution < -0.4 is 10.0 Å². The summed E-state index contributed by atoms with van der Waals surface area (Å²) in [5.74, 6) is -1.24. The summed E-state index contributed by atoms with van der Waals surface area (Å²) in [5.41, 5.74) is 0.885. The third kappa shape index (κ3) is 8.01. The number of nitrogens with two attached hydrogens (primary N) is 1. The Hall–Kier alpha value is -4.17. The number of amides is 2. The topological polar surface area (TPSA) is 160 Å². The zero-order valence-electron chi connectivity index (χ0n) is 28.0. The van der Waals surface area contributed by atoms with Gasteiger partial charge in [0, 0.05) is 29.9 Å². The van der Waals surface area contributed by atoms with Crippen LogP contribution in [0.15, 0.2) is 97.1 Å². The van der Waals surface area contributed by atoms with Gasteiger partial charge in [-0.15, -0.1) is 0 Å². The average molecular weight is 707 g/mol. The lowest BCUT2D eigenvalue weighted by Gasteiger charge is -2.43.